The van der Waals surface area contributed by atoms with Gasteiger partial charge in [0.25, 0.3) is 5.78 Å². The summed E-state index contributed by atoms with van der Waals surface area (Å²) in [5.41, 5.74) is 2.28. The average molecular weight is 519 g/mol. The number of anilines is 1. The third-order valence-corrected chi connectivity index (χ3v) is 7.37. The molecule has 3 aromatic carbocycles. The van der Waals surface area contributed by atoms with Gasteiger partial charge in [0.2, 0.25) is 0 Å². The Morgan fingerprint density at radius 1 is 1.05 bits per heavy atom. The molecule has 7 nitrogen and oxygen atoms in total. The first-order valence-corrected chi connectivity index (χ1v) is 12.4. The number of carbonyl (C=O) groups is 2. The van der Waals surface area contributed by atoms with Crippen LogP contribution in [0.25, 0.3) is 16.0 Å². The molecule has 0 unspecified atom stereocenters. The molecule has 37 heavy (non-hydrogen) atoms. The van der Waals surface area contributed by atoms with Gasteiger partial charge in [-0.2, -0.15) is 0 Å². The van der Waals surface area contributed by atoms with Crippen molar-refractivity contribution in [3.63, 3.8) is 0 Å². The molecule has 9 heteroatoms. The molecular weight excluding hydrogens is 495 g/mol. The van der Waals surface area contributed by atoms with Gasteiger partial charge in [0.1, 0.15) is 29.1 Å². The van der Waals surface area contributed by atoms with Crippen LogP contribution in [0.1, 0.15) is 29.7 Å². The van der Waals surface area contributed by atoms with Crippen LogP contribution in [0.4, 0.5) is 9.52 Å². The molecule has 1 saturated heterocycles. The third kappa shape index (κ3) is 4.21. The topological polar surface area (TPSA) is 89.0 Å². The monoisotopic (exact) mass is 518 g/mol. The van der Waals surface area contributed by atoms with Crippen LogP contribution < -0.4 is 14.4 Å². The molecule has 1 aromatic heterocycles. The predicted octanol–water partition coefficient (Wildman–Crippen LogP) is 5.64. The van der Waals surface area contributed by atoms with Gasteiger partial charge in [-0.1, -0.05) is 24.3 Å². The maximum Gasteiger partial charge on any atom is 0.301 e. The number of Topliss-reactive ketones (excluding diaryl/α,β-unsaturated/α-hetero) is 1. The minimum atomic E-state index is -1.07. The van der Waals surface area contributed by atoms with Crippen LogP contribution in [0.3, 0.4) is 0 Å². The van der Waals surface area contributed by atoms with Crippen molar-refractivity contribution >= 4 is 44.1 Å². The van der Waals surface area contributed by atoms with E-state index in [1.54, 1.807) is 18.2 Å². The molecule has 0 radical (unpaired) electrons. The maximum absolute atomic E-state index is 13.6. The number of aliphatic hydroxyl groups excluding tert-OH is 1. The molecule has 5 rings (SSSR count). The van der Waals surface area contributed by atoms with E-state index in [0.717, 1.165) is 16.7 Å². The number of ether oxygens (including phenoxy) is 2. The van der Waals surface area contributed by atoms with Gasteiger partial charge in [0.05, 0.1) is 30.0 Å². The molecule has 1 amide bonds. The molecule has 1 atom stereocenters. The SMILES string of the molecule is CCc1ccc2nc(N3C(=O)C(=O)C(=C(O)c4ccc(F)cc4)[C@@H]3c3cc(OC)ccc3OC)sc2c1. The molecule has 1 aliphatic heterocycles. The summed E-state index contributed by atoms with van der Waals surface area (Å²) in [5.74, 6) is -1.79. The summed E-state index contributed by atoms with van der Waals surface area (Å²) in [5, 5.41) is 11.6. The number of benzene rings is 3. The van der Waals surface area contributed by atoms with Crippen molar-refractivity contribution in [2.45, 2.75) is 19.4 Å². The molecule has 1 N–H and O–H groups in total. The van der Waals surface area contributed by atoms with Crippen LogP contribution in [0.15, 0.2) is 66.2 Å². The Balaban J connectivity index is 1.77. The van der Waals surface area contributed by atoms with E-state index in [1.165, 1.54) is 54.7 Å². The molecule has 0 saturated carbocycles. The quantitative estimate of drug-likeness (QED) is 0.202. The molecule has 0 aliphatic carbocycles. The standard InChI is InChI=1S/C28H23FN2O5S/c1-4-15-5-11-20-22(13-15)37-28(30-20)31-24(19-14-18(35-2)10-12-21(19)36-3)23(26(33)27(31)34)25(32)16-6-8-17(29)9-7-16/h5-14,24,32H,4H2,1-3H3/t24-/m0/s1. The third-order valence-electron chi connectivity index (χ3n) is 6.35. The molecule has 2 heterocycles. The summed E-state index contributed by atoms with van der Waals surface area (Å²) in [7, 11) is 2.97. The number of rotatable bonds is 6. The van der Waals surface area contributed by atoms with Crippen LogP contribution in [0.2, 0.25) is 0 Å². The van der Waals surface area contributed by atoms with Crippen LogP contribution in [0, 0.1) is 5.82 Å². The van der Waals surface area contributed by atoms with Crippen molar-refractivity contribution in [2.24, 2.45) is 0 Å². The van der Waals surface area contributed by atoms with Crippen LogP contribution in [-0.4, -0.2) is 36.0 Å². The Hall–Kier alpha value is -4.24. The van der Waals surface area contributed by atoms with Crippen LogP contribution in [0.5, 0.6) is 11.5 Å². The predicted molar refractivity (Wildman–Crippen MR) is 140 cm³/mol. The lowest BCUT2D eigenvalue weighted by Gasteiger charge is -2.25. The number of hydrogen-bond donors (Lipinski definition) is 1. The van der Waals surface area contributed by atoms with Gasteiger partial charge >= 0.3 is 5.91 Å². The zero-order valence-corrected chi connectivity index (χ0v) is 21.1. The number of carbonyl (C=O) groups excluding carboxylic acids is 2. The van der Waals surface area contributed by atoms with Crippen LogP contribution >= 0.6 is 11.3 Å². The number of aliphatic hydroxyl groups is 1. The summed E-state index contributed by atoms with van der Waals surface area (Å²) in [6.45, 7) is 2.05. The normalized spacial score (nSPS) is 17.0. The summed E-state index contributed by atoms with van der Waals surface area (Å²) in [4.78, 5) is 32.9. The minimum absolute atomic E-state index is 0.156. The van der Waals surface area contributed by atoms with E-state index in [4.69, 9.17) is 9.47 Å². The Kier molecular flexibility index (Phi) is 6.39. The number of methoxy groups -OCH3 is 2. The van der Waals surface area contributed by atoms with E-state index in [0.29, 0.717) is 27.7 Å². The van der Waals surface area contributed by atoms with Crippen molar-refractivity contribution < 1.29 is 28.6 Å². The Bertz CT molecular complexity index is 1560. The first kappa shape index (κ1) is 24.5. The van der Waals surface area contributed by atoms with Crippen molar-refractivity contribution in [1.82, 2.24) is 4.98 Å². The fourth-order valence-corrected chi connectivity index (χ4v) is 5.48. The fourth-order valence-electron chi connectivity index (χ4n) is 4.42. The van der Waals surface area contributed by atoms with E-state index in [9.17, 15) is 19.1 Å². The number of nitrogens with zero attached hydrogens (tertiary/aromatic N) is 2. The lowest BCUT2D eigenvalue weighted by atomic mass is 9.94. The summed E-state index contributed by atoms with van der Waals surface area (Å²) in [6.07, 6.45) is 0.840. The Morgan fingerprint density at radius 3 is 2.49 bits per heavy atom. The first-order valence-electron chi connectivity index (χ1n) is 11.5. The van der Waals surface area contributed by atoms with Gasteiger partial charge in [-0.3, -0.25) is 14.5 Å². The zero-order valence-electron chi connectivity index (χ0n) is 20.3. The van der Waals surface area contributed by atoms with E-state index in [-0.39, 0.29) is 11.1 Å². The second-order valence-corrected chi connectivity index (χ2v) is 9.45. The molecular formula is C28H23FN2O5S. The van der Waals surface area contributed by atoms with Gasteiger partial charge in [-0.25, -0.2) is 9.37 Å². The second kappa shape index (κ2) is 9.67. The molecule has 0 bridgehead atoms. The Morgan fingerprint density at radius 2 is 1.81 bits per heavy atom. The van der Waals surface area contributed by atoms with Crippen molar-refractivity contribution in [1.29, 1.82) is 0 Å². The molecule has 188 valence electrons. The van der Waals surface area contributed by atoms with E-state index in [1.807, 2.05) is 25.1 Å². The number of thiazole rings is 1. The van der Waals surface area contributed by atoms with E-state index < -0.39 is 29.3 Å². The number of aryl methyl sites for hydroxylation is 1. The maximum atomic E-state index is 13.6. The first-order chi connectivity index (χ1) is 17.9. The number of aromatic nitrogens is 1. The highest BCUT2D eigenvalue weighted by molar-refractivity contribution is 7.22. The summed E-state index contributed by atoms with van der Waals surface area (Å²) >= 11 is 1.28. The number of hydrogen-bond acceptors (Lipinski definition) is 7. The van der Waals surface area contributed by atoms with Gasteiger partial charge in [-0.15, -0.1) is 0 Å². The Labute approximate surface area is 216 Å². The summed E-state index contributed by atoms with van der Waals surface area (Å²) in [6, 6.07) is 14.8. The van der Waals surface area contributed by atoms with Crippen LogP contribution in [-0.2, 0) is 16.0 Å². The molecule has 1 aliphatic rings. The van der Waals surface area contributed by atoms with Crippen molar-refractivity contribution in [3.8, 4) is 11.5 Å². The molecule has 4 aromatic rings. The average Bonchev–Trinajstić information content (AvgIpc) is 3.45. The lowest BCUT2D eigenvalue weighted by molar-refractivity contribution is -0.132. The smallest absolute Gasteiger partial charge is 0.301 e. The highest BCUT2D eigenvalue weighted by atomic mass is 32.1. The number of amides is 1. The van der Waals surface area contributed by atoms with Gasteiger partial charge in [0, 0.05) is 11.1 Å². The zero-order chi connectivity index (χ0) is 26.3. The number of fused-ring (bicyclic) bond motifs is 1. The van der Waals surface area contributed by atoms with E-state index >= 15 is 0 Å². The van der Waals surface area contributed by atoms with Gasteiger partial charge < -0.3 is 14.6 Å². The number of ketones is 1. The van der Waals surface area contributed by atoms with Crippen molar-refractivity contribution in [3.05, 3.63) is 88.7 Å². The van der Waals surface area contributed by atoms with Crippen molar-refractivity contribution in [2.75, 3.05) is 19.1 Å². The largest absolute Gasteiger partial charge is 0.507 e. The second-order valence-electron chi connectivity index (χ2n) is 8.44. The van der Waals surface area contributed by atoms with Gasteiger partial charge in [0.15, 0.2) is 5.13 Å². The number of halogens is 1. The van der Waals surface area contributed by atoms with E-state index in [2.05, 4.69) is 4.98 Å². The molecule has 1 fully saturated rings. The highest BCUT2D eigenvalue weighted by Crippen LogP contribution is 2.47. The highest BCUT2D eigenvalue weighted by Gasteiger charge is 2.49. The minimum Gasteiger partial charge on any atom is -0.507 e. The van der Waals surface area contributed by atoms with Gasteiger partial charge in [-0.05, 0) is 66.6 Å². The summed E-state index contributed by atoms with van der Waals surface area (Å²) < 4.78 is 25.4. The molecule has 0 spiro atoms. The lowest BCUT2D eigenvalue weighted by Crippen LogP contribution is -2.29. The fraction of sp³-hybridized carbons (Fsp3) is 0.179.